The number of hydrogen-bond donors (Lipinski definition) is 2. The van der Waals surface area contributed by atoms with Gasteiger partial charge in [-0.3, -0.25) is 5.10 Å². The normalized spacial score (nSPS) is 14.9. The first kappa shape index (κ1) is 16.1. The zero-order valence-corrected chi connectivity index (χ0v) is 13.3. The number of nitrogens with zero attached hydrogens (tertiary/aromatic N) is 2. The summed E-state index contributed by atoms with van der Waals surface area (Å²) in [5.41, 5.74) is 0.515. The van der Waals surface area contributed by atoms with Gasteiger partial charge in [0.05, 0.1) is 6.20 Å². The molecule has 0 bridgehead atoms. The van der Waals surface area contributed by atoms with Crippen LogP contribution < -0.4 is 5.32 Å². The third-order valence-corrected chi connectivity index (χ3v) is 5.43. The summed E-state index contributed by atoms with van der Waals surface area (Å²) in [6.45, 7) is 8.43. The van der Waals surface area contributed by atoms with Crippen molar-refractivity contribution >= 4 is 10.0 Å². The van der Waals surface area contributed by atoms with Gasteiger partial charge < -0.3 is 5.32 Å². The molecule has 1 unspecified atom stereocenters. The van der Waals surface area contributed by atoms with E-state index in [0.29, 0.717) is 12.1 Å². The van der Waals surface area contributed by atoms with E-state index in [1.165, 1.54) is 4.31 Å². The van der Waals surface area contributed by atoms with Crippen LogP contribution in [-0.2, 0) is 16.6 Å². The van der Waals surface area contributed by atoms with Crippen molar-refractivity contribution < 1.29 is 8.42 Å². The zero-order chi connectivity index (χ0) is 14.8. The lowest BCUT2D eigenvalue weighted by atomic mass is 9.88. The lowest BCUT2D eigenvalue weighted by molar-refractivity contribution is 0.216. The molecule has 0 saturated carbocycles. The van der Waals surface area contributed by atoms with Crippen molar-refractivity contribution in [3.05, 3.63) is 11.8 Å². The molecule has 0 aromatic carbocycles. The molecule has 6 nitrogen and oxygen atoms in total. The first-order chi connectivity index (χ1) is 8.62. The molecule has 1 rings (SSSR count). The zero-order valence-electron chi connectivity index (χ0n) is 12.5. The van der Waals surface area contributed by atoms with Crippen molar-refractivity contribution in [1.29, 1.82) is 0 Å². The van der Waals surface area contributed by atoms with Crippen LogP contribution in [0, 0.1) is 5.41 Å². The second-order valence-corrected chi connectivity index (χ2v) is 7.75. The first-order valence-electron chi connectivity index (χ1n) is 6.27. The van der Waals surface area contributed by atoms with Gasteiger partial charge >= 0.3 is 0 Å². The summed E-state index contributed by atoms with van der Waals surface area (Å²) in [6, 6.07) is -0.122. The summed E-state index contributed by atoms with van der Waals surface area (Å²) >= 11 is 0. The Morgan fingerprint density at radius 1 is 1.47 bits per heavy atom. The molecule has 110 valence electrons. The Morgan fingerprint density at radius 3 is 2.53 bits per heavy atom. The fourth-order valence-electron chi connectivity index (χ4n) is 1.74. The average Bonchev–Trinajstić information content (AvgIpc) is 2.75. The second-order valence-electron chi connectivity index (χ2n) is 5.82. The minimum atomic E-state index is -3.56. The molecule has 0 amide bonds. The predicted octanol–water partition coefficient (Wildman–Crippen LogP) is 1.18. The maximum absolute atomic E-state index is 12.6. The Hall–Kier alpha value is -0.920. The summed E-state index contributed by atoms with van der Waals surface area (Å²) in [4.78, 5) is 0. The van der Waals surface area contributed by atoms with Crippen molar-refractivity contribution in [1.82, 2.24) is 19.8 Å². The molecule has 0 aliphatic rings. The molecule has 7 heteroatoms. The molecular formula is C12H24N4O2S. The highest BCUT2D eigenvalue weighted by Gasteiger charge is 2.34. The van der Waals surface area contributed by atoms with Gasteiger partial charge in [-0.1, -0.05) is 20.8 Å². The van der Waals surface area contributed by atoms with Gasteiger partial charge in [0.2, 0.25) is 0 Å². The van der Waals surface area contributed by atoms with Gasteiger partial charge in [-0.2, -0.15) is 9.40 Å². The molecule has 19 heavy (non-hydrogen) atoms. The molecule has 2 N–H and O–H groups in total. The van der Waals surface area contributed by atoms with E-state index in [-0.39, 0.29) is 16.5 Å². The molecule has 1 heterocycles. The van der Waals surface area contributed by atoms with Crippen molar-refractivity contribution in [3.8, 4) is 0 Å². The SMILES string of the molecule is CNCc1cn[nH]c1S(=O)(=O)N(C)C(C)C(C)(C)C. The van der Waals surface area contributed by atoms with Gasteiger partial charge in [-0.15, -0.1) is 0 Å². The molecule has 1 aromatic rings. The summed E-state index contributed by atoms with van der Waals surface area (Å²) in [5, 5.41) is 9.54. The molecule has 1 atom stereocenters. The topological polar surface area (TPSA) is 78.1 Å². The number of rotatable bonds is 5. The lowest BCUT2D eigenvalue weighted by Gasteiger charge is -2.34. The van der Waals surface area contributed by atoms with Crippen LogP contribution in [0.15, 0.2) is 11.2 Å². The van der Waals surface area contributed by atoms with Gasteiger partial charge in [-0.25, -0.2) is 8.42 Å². The largest absolute Gasteiger partial charge is 0.316 e. The molecule has 0 fully saturated rings. The Labute approximate surface area is 115 Å². The van der Waals surface area contributed by atoms with E-state index in [4.69, 9.17) is 0 Å². The fourth-order valence-corrected chi connectivity index (χ4v) is 3.38. The van der Waals surface area contributed by atoms with Crippen LogP contribution in [0.4, 0.5) is 0 Å². The highest BCUT2D eigenvalue weighted by atomic mass is 32.2. The standard InChI is InChI=1S/C12H24N4O2S/c1-9(12(2,3)4)16(6)19(17,18)11-10(7-13-5)8-14-15-11/h8-9,13H,7H2,1-6H3,(H,14,15). The Balaban J connectivity index is 3.13. The molecular weight excluding hydrogens is 264 g/mol. The van der Waals surface area contributed by atoms with E-state index in [1.54, 1.807) is 20.3 Å². The minimum absolute atomic E-state index is 0.122. The van der Waals surface area contributed by atoms with Gasteiger partial charge in [0.1, 0.15) is 0 Å². The van der Waals surface area contributed by atoms with Crippen LogP contribution in [0.5, 0.6) is 0 Å². The van der Waals surface area contributed by atoms with Crippen LogP contribution in [0.2, 0.25) is 0 Å². The number of nitrogens with one attached hydrogen (secondary N) is 2. The van der Waals surface area contributed by atoms with Crippen molar-refractivity contribution in [2.45, 2.75) is 45.3 Å². The molecule has 0 aliphatic heterocycles. The van der Waals surface area contributed by atoms with Crippen LogP contribution in [0.25, 0.3) is 0 Å². The maximum atomic E-state index is 12.6. The highest BCUT2D eigenvalue weighted by Crippen LogP contribution is 2.27. The molecule has 0 aliphatic carbocycles. The fraction of sp³-hybridized carbons (Fsp3) is 0.750. The third-order valence-electron chi connectivity index (χ3n) is 3.48. The summed E-state index contributed by atoms with van der Waals surface area (Å²) < 4.78 is 26.6. The molecule has 0 spiro atoms. The van der Waals surface area contributed by atoms with Crippen LogP contribution >= 0.6 is 0 Å². The number of hydrogen-bond acceptors (Lipinski definition) is 4. The Bertz CT molecular complexity index is 516. The van der Waals surface area contributed by atoms with Crippen molar-refractivity contribution in [2.75, 3.05) is 14.1 Å². The maximum Gasteiger partial charge on any atom is 0.260 e. The van der Waals surface area contributed by atoms with Crippen LogP contribution in [0.1, 0.15) is 33.3 Å². The smallest absolute Gasteiger partial charge is 0.260 e. The Morgan fingerprint density at radius 2 is 2.05 bits per heavy atom. The summed E-state index contributed by atoms with van der Waals surface area (Å²) in [6.07, 6.45) is 1.54. The molecule has 1 aromatic heterocycles. The highest BCUT2D eigenvalue weighted by molar-refractivity contribution is 7.89. The summed E-state index contributed by atoms with van der Waals surface area (Å²) in [5.74, 6) is 0. The van der Waals surface area contributed by atoms with Crippen LogP contribution in [-0.4, -0.2) is 43.1 Å². The second kappa shape index (κ2) is 5.60. The summed E-state index contributed by atoms with van der Waals surface area (Å²) in [7, 11) is -0.180. The van der Waals surface area contributed by atoms with Crippen molar-refractivity contribution in [3.63, 3.8) is 0 Å². The van der Waals surface area contributed by atoms with Gasteiger partial charge in [0.25, 0.3) is 10.0 Å². The van der Waals surface area contributed by atoms with E-state index >= 15 is 0 Å². The number of aromatic amines is 1. The van der Waals surface area contributed by atoms with E-state index in [9.17, 15) is 8.42 Å². The van der Waals surface area contributed by atoms with Gasteiger partial charge in [0, 0.05) is 25.2 Å². The lowest BCUT2D eigenvalue weighted by Crippen LogP contribution is -2.43. The molecule has 0 radical (unpaired) electrons. The molecule has 0 saturated heterocycles. The number of H-pyrrole nitrogens is 1. The monoisotopic (exact) mass is 288 g/mol. The Kier molecular flexibility index (Phi) is 4.76. The number of sulfonamides is 1. The number of aromatic nitrogens is 2. The van der Waals surface area contributed by atoms with Crippen LogP contribution in [0.3, 0.4) is 0 Å². The van der Waals surface area contributed by atoms with E-state index < -0.39 is 10.0 Å². The minimum Gasteiger partial charge on any atom is -0.316 e. The van der Waals surface area contributed by atoms with E-state index in [0.717, 1.165) is 0 Å². The van der Waals surface area contributed by atoms with E-state index in [2.05, 4.69) is 15.5 Å². The van der Waals surface area contributed by atoms with E-state index in [1.807, 2.05) is 27.7 Å². The van der Waals surface area contributed by atoms with Gasteiger partial charge in [0.15, 0.2) is 5.03 Å². The average molecular weight is 288 g/mol. The quantitative estimate of drug-likeness (QED) is 0.853. The van der Waals surface area contributed by atoms with Gasteiger partial charge in [-0.05, 0) is 19.4 Å². The predicted molar refractivity (Wildman–Crippen MR) is 75.2 cm³/mol. The van der Waals surface area contributed by atoms with Crippen molar-refractivity contribution in [2.24, 2.45) is 5.41 Å². The first-order valence-corrected chi connectivity index (χ1v) is 7.71. The third kappa shape index (κ3) is 3.34.